The van der Waals surface area contributed by atoms with Crippen molar-refractivity contribution in [2.24, 2.45) is 0 Å². The summed E-state index contributed by atoms with van der Waals surface area (Å²) >= 11 is 0. The summed E-state index contributed by atoms with van der Waals surface area (Å²) in [6.07, 6.45) is 6.85. The highest BCUT2D eigenvalue weighted by Gasteiger charge is 2.13. The number of nitrogens with zero attached hydrogens (tertiary/aromatic N) is 1. The van der Waals surface area contributed by atoms with Crippen LogP contribution in [0.15, 0.2) is 0 Å². The van der Waals surface area contributed by atoms with Crippen LogP contribution in [-0.2, 0) is 0 Å². The largest absolute Gasteiger partial charge is 0.291 e. The molecule has 0 amide bonds. The lowest BCUT2D eigenvalue weighted by atomic mass is 9.96. The molecule has 13 heavy (non-hydrogen) atoms. The molecule has 0 aliphatic heterocycles. The van der Waals surface area contributed by atoms with Crippen molar-refractivity contribution in [2.75, 3.05) is 13.1 Å². The minimum absolute atomic E-state index is 0.689. The summed E-state index contributed by atoms with van der Waals surface area (Å²) in [5.41, 5.74) is 0. The van der Waals surface area contributed by atoms with E-state index in [1.165, 1.54) is 32.1 Å². The fraction of sp³-hybridized carbons (Fsp3) is 0.909. The first-order valence-electron chi connectivity index (χ1n) is 5.63. The number of rotatable bonds is 5. The van der Waals surface area contributed by atoms with E-state index in [0.717, 1.165) is 13.1 Å². The SMILES string of the molecule is CCN([C]NC1CCCCC1)CC. The Labute approximate surface area is 82.7 Å². The highest BCUT2D eigenvalue weighted by molar-refractivity contribution is 4.76. The molecule has 0 aromatic heterocycles. The average Bonchev–Trinajstić information content (AvgIpc) is 2.21. The molecule has 1 saturated carbocycles. The maximum atomic E-state index is 3.40. The van der Waals surface area contributed by atoms with Gasteiger partial charge in [0.15, 0.2) is 0 Å². The van der Waals surface area contributed by atoms with Crippen molar-refractivity contribution in [1.29, 1.82) is 0 Å². The minimum Gasteiger partial charge on any atom is -0.291 e. The highest BCUT2D eigenvalue weighted by Crippen LogP contribution is 2.17. The van der Waals surface area contributed by atoms with Crippen molar-refractivity contribution in [3.05, 3.63) is 6.67 Å². The van der Waals surface area contributed by atoms with Crippen LogP contribution in [0, 0.1) is 6.67 Å². The van der Waals surface area contributed by atoms with E-state index in [0.29, 0.717) is 6.04 Å². The van der Waals surface area contributed by atoms with Gasteiger partial charge in [0, 0.05) is 6.04 Å². The van der Waals surface area contributed by atoms with Gasteiger partial charge in [-0.05, 0) is 25.9 Å². The molecule has 0 aromatic rings. The molecule has 0 spiro atoms. The zero-order chi connectivity index (χ0) is 9.52. The molecule has 0 heterocycles. The Morgan fingerprint density at radius 1 is 1.15 bits per heavy atom. The minimum atomic E-state index is 0.689. The Hall–Kier alpha value is -0.0800. The molecular formula is C11H22N2. The van der Waals surface area contributed by atoms with Crippen LogP contribution in [0.25, 0.3) is 0 Å². The van der Waals surface area contributed by atoms with Crippen molar-refractivity contribution in [3.63, 3.8) is 0 Å². The van der Waals surface area contributed by atoms with Gasteiger partial charge in [-0.15, -0.1) is 0 Å². The maximum absolute atomic E-state index is 3.40. The lowest BCUT2D eigenvalue weighted by Crippen LogP contribution is -2.36. The third-order valence-electron chi connectivity index (χ3n) is 2.80. The molecule has 0 unspecified atom stereocenters. The summed E-state index contributed by atoms with van der Waals surface area (Å²) in [5, 5.41) is 3.40. The molecule has 76 valence electrons. The molecule has 1 aliphatic carbocycles. The van der Waals surface area contributed by atoms with Gasteiger partial charge < -0.3 is 0 Å². The molecule has 0 saturated heterocycles. The summed E-state index contributed by atoms with van der Waals surface area (Å²) in [6, 6.07) is 0.689. The second kappa shape index (κ2) is 6.39. The second-order valence-corrected chi connectivity index (χ2v) is 3.76. The van der Waals surface area contributed by atoms with Crippen molar-refractivity contribution < 1.29 is 0 Å². The quantitative estimate of drug-likeness (QED) is 0.656. The first-order valence-corrected chi connectivity index (χ1v) is 5.63. The van der Waals surface area contributed by atoms with Crippen molar-refractivity contribution >= 4 is 0 Å². The van der Waals surface area contributed by atoms with Crippen LogP contribution in [0.3, 0.4) is 0 Å². The molecule has 1 rings (SSSR count). The van der Waals surface area contributed by atoms with Crippen molar-refractivity contribution in [2.45, 2.75) is 52.0 Å². The molecule has 2 heteroatoms. The topological polar surface area (TPSA) is 15.3 Å². The summed E-state index contributed by atoms with van der Waals surface area (Å²) in [7, 11) is 0. The Morgan fingerprint density at radius 3 is 2.31 bits per heavy atom. The Balaban J connectivity index is 2.09. The van der Waals surface area contributed by atoms with E-state index in [1.807, 2.05) is 0 Å². The lowest BCUT2D eigenvalue weighted by Gasteiger charge is -2.25. The van der Waals surface area contributed by atoms with Gasteiger partial charge in [-0.2, -0.15) is 0 Å². The standard InChI is InChI=1S/C11H22N2/c1-3-13(4-2)10-12-11-8-6-5-7-9-11/h11-12H,3-9H2,1-2H3. The molecule has 0 aromatic carbocycles. The third kappa shape index (κ3) is 4.10. The normalized spacial score (nSPS) is 19.6. The van der Waals surface area contributed by atoms with Gasteiger partial charge in [-0.3, -0.25) is 10.2 Å². The van der Waals surface area contributed by atoms with Crippen LogP contribution >= 0.6 is 0 Å². The van der Waals surface area contributed by atoms with Gasteiger partial charge in [0.1, 0.15) is 6.67 Å². The average molecular weight is 182 g/mol. The first kappa shape index (κ1) is 11.0. The smallest absolute Gasteiger partial charge is 0.143 e. The monoisotopic (exact) mass is 182 g/mol. The zero-order valence-corrected chi connectivity index (χ0v) is 8.97. The molecule has 1 aliphatic rings. The molecule has 0 atom stereocenters. The lowest BCUT2D eigenvalue weighted by molar-refractivity contribution is 0.299. The van der Waals surface area contributed by atoms with Crippen molar-refractivity contribution in [3.8, 4) is 0 Å². The van der Waals surface area contributed by atoms with E-state index < -0.39 is 0 Å². The van der Waals surface area contributed by atoms with Gasteiger partial charge in [0.2, 0.25) is 0 Å². The molecule has 2 nitrogen and oxygen atoms in total. The maximum Gasteiger partial charge on any atom is 0.143 e. The number of nitrogens with one attached hydrogen (secondary N) is 1. The summed E-state index contributed by atoms with van der Waals surface area (Å²) in [5.74, 6) is 0. The molecule has 2 radical (unpaired) electrons. The van der Waals surface area contributed by atoms with Gasteiger partial charge in [0.05, 0.1) is 0 Å². The van der Waals surface area contributed by atoms with Crippen LogP contribution in [-0.4, -0.2) is 24.0 Å². The fourth-order valence-electron chi connectivity index (χ4n) is 1.81. The predicted molar refractivity (Wildman–Crippen MR) is 56.2 cm³/mol. The van der Waals surface area contributed by atoms with E-state index in [9.17, 15) is 0 Å². The Bertz CT molecular complexity index is 115. The summed E-state index contributed by atoms with van der Waals surface area (Å²) < 4.78 is 0. The van der Waals surface area contributed by atoms with Crippen molar-refractivity contribution in [1.82, 2.24) is 10.2 Å². The molecule has 1 fully saturated rings. The van der Waals surface area contributed by atoms with Crippen LogP contribution in [0.2, 0.25) is 0 Å². The van der Waals surface area contributed by atoms with Crippen LogP contribution in [0.1, 0.15) is 46.0 Å². The van der Waals surface area contributed by atoms with E-state index >= 15 is 0 Å². The molecule has 0 bridgehead atoms. The van der Waals surface area contributed by atoms with Crippen LogP contribution in [0.5, 0.6) is 0 Å². The van der Waals surface area contributed by atoms with Gasteiger partial charge >= 0.3 is 0 Å². The number of hydrogen-bond donors (Lipinski definition) is 1. The van der Waals surface area contributed by atoms with Crippen LogP contribution < -0.4 is 5.32 Å². The predicted octanol–water partition coefficient (Wildman–Crippen LogP) is 2.25. The van der Waals surface area contributed by atoms with Crippen LogP contribution in [0.4, 0.5) is 0 Å². The van der Waals surface area contributed by atoms with E-state index in [4.69, 9.17) is 0 Å². The first-order chi connectivity index (χ1) is 6.36. The molecular weight excluding hydrogens is 160 g/mol. The molecule has 1 N–H and O–H groups in total. The van der Waals surface area contributed by atoms with E-state index in [1.54, 1.807) is 0 Å². The zero-order valence-electron chi connectivity index (χ0n) is 8.97. The van der Waals surface area contributed by atoms with E-state index in [-0.39, 0.29) is 0 Å². The highest BCUT2D eigenvalue weighted by atomic mass is 15.2. The summed E-state index contributed by atoms with van der Waals surface area (Å²) in [6.45, 7) is 9.71. The Kier molecular flexibility index (Phi) is 5.40. The Morgan fingerprint density at radius 2 is 1.77 bits per heavy atom. The van der Waals surface area contributed by atoms with Gasteiger partial charge in [-0.25, -0.2) is 0 Å². The van der Waals surface area contributed by atoms with E-state index in [2.05, 4.69) is 30.7 Å². The second-order valence-electron chi connectivity index (χ2n) is 3.76. The fourth-order valence-corrected chi connectivity index (χ4v) is 1.81. The third-order valence-corrected chi connectivity index (χ3v) is 2.80. The number of hydrogen-bond acceptors (Lipinski definition) is 2. The van der Waals surface area contributed by atoms with Gasteiger partial charge in [0.25, 0.3) is 0 Å². The van der Waals surface area contributed by atoms with Gasteiger partial charge in [-0.1, -0.05) is 33.1 Å². The summed E-state index contributed by atoms with van der Waals surface area (Å²) in [4.78, 5) is 2.19.